The number of benzene rings is 1. The summed E-state index contributed by atoms with van der Waals surface area (Å²) in [4.78, 5) is 2.58. The van der Waals surface area contributed by atoms with Gasteiger partial charge in [0.05, 0.1) is 19.3 Å². The van der Waals surface area contributed by atoms with Crippen LogP contribution in [0.25, 0.3) is 0 Å². The molecule has 3 atom stereocenters. The lowest BCUT2D eigenvalue weighted by Gasteiger charge is -2.35. The summed E-state index contributed by atoms with van der Waals surface area (Å²) in [5.41, 5.74) is 8.62. The molecule has 3 nitrogen and oxygen atoms in total. The van der Waals surface area contributed by atoms with Crippen LogP contribution in [0.1, 0.15) is 30.5 Å². The first-order valence-electron chi connectivity index (χ1n) is 6.91. The van der Waals surface area contributed by atoms with Gasteiger partial charge in [0.25, 0.3) is 0 Å². The Morgan fingerprint density at radius 2 is 2.22 bits per heavy atom. The topological polar surface area (TPSA) is 38.5 Å². The van der Waals surface area contributed by atoms with Crippen molar-refractivity contribution in [2.75, 3.05) is 19.7 Å². The van der Waals surface area contributed by atoms with E-state index in [4.69, 9.17) is 10.5 Å². The molecule has 98 valence electrons. The molecule has 1 aromatic rings. The first-order valence-corrected chi connectivity index (χ1v) is 6.91. The van der Waals surface area contributed by atoms with Crippen molar-refractivity contribution in [3.63, 3.8) is 0 Å². The number of hydrogen-bond donors (Lipinski definition) is 1. The molecule has 1 saturated heterocycles. The van der Waals surface area contributed by atoms with Gasteiger partial charge in [-0.3, -0.25) is 4.90 Å². The summed E-state index contributed by atoms with van der Waals surface area (Å²) in [5.74, 6) is 0.647. The minimum absolute atomic E-state index is 0.418. The molecule has 3 unspecified atom stereocenters. The summed E-state index contributed by atoms with van der Waals surface area (Å²) < 4.78 is 5.77. The molecule has 0 aromatic heterocycles. The monoisotopic (exact) mass is 246 g/mol. The first-order chi connectivity index (χ1) is 8.79. The van der Waals surface area contributed by atoms with Gasteiger partial charge in [-0.1, -0.05) is 24.3 Å². The first kappa shape index (κ1) is 12.2. The van der Waals surface area contributed by atoms with Crippen LogP contribution in [0.4, 0.5) is 0 Å². The van der Waals surface area contributed by atoms with Crippen molar-refractivity contribution in [1.29, 1.82) is 0 Å². The summed E-state index contributed by atoms with van der Waals surface area (Å²) in [6.45, 7) is 5.80. The Morgan fingerprint density at radius 3 is 3.00 bits per heavy atom. The smallest absolute Gasteiger partial charge is 0.0721 e. The van der Waals surface area contributed by atoms with E-state index in [0.717, 1.165) is 26.3 Å². The fraction of sp³-hybridized carbons (Fsp3) is 0.600. The van der Waals surface area contributed by atoms with Crippen LogP contribution in [0.5, 0.6) is 0 Å². The number of nitrogens with zero attached hydrogens (tertiary/aromatic N) is 1. The van der Waals surface area contributed by atoms with Gasteiger partial charge in [0.2, 0.25) is 0 Å². The molecule has 2 aliphatic rings. The van der Waals surface area contributed by atoms with Gasteiger partial charge in [0.15, 0.2) is 0 Å². The predicted octanol–water partition coefficient (Wildman–Crippen LogP) is 1.93. The van der Waals surface area contributed by atoms with E-state index >= 15 is 0 Å². The van der Waals surface area contributed by atoms with E-state index in [1.807, 2.05) is 0 Å². The van der Waals surface area contributed by atoms with Gasteiger partial charge in [0, 0.05) is 12.6 Å². The van der Waals surface area contributed by atoms with Crippen molar-refractivity contribution < 1.29 is 4.74 Å². The average Bonchev–Trinajstić information content (AvgIpc) is 2.79. The van der Waals surface area contributed by atoms with Crippen molar-refractivity contribution in [1.82, 2.24) is 4.90 Å². The normalized spacial score (nSPS) is 32.4. The van der Waals surface area contributed by atoms with Crippen LogP contribution in [0, 0.1) is 5.92 Å². The maximum absolute atomic E-state index is 5.82. The third-order valence-electron chi connectivity index (χ3n) is 4.39. The van der Waals surface area contributed by atoms with Crippen molar-refractivity contribution in [2.24, 2.45) is 11.7 Å². The lowest BCUT2D eigenvalue weighted by atomic mass is 9.97. The molecule has 3 heteroatoms. The molecule has 0 aliphatic carbocycles. The summed E-state index contributed by atoms with van der Waals surface area (Å²) in [6, 6.07) is 9.70. The Bertz CT molecular complexity index is 421. The Kier molecular flexibility index (Phi) is 3.37. The summed E-state index contributed by atoms with van der Waals surface area (Å²) >= 11 is 0. The molecule has 0 saturated carbocycles. The zero-order valence-electron chi connectivity index (χ0n) is 11.0. The minimum Gasteiger partial charge on any atom is -0.375 e. The van der Waals surface area contributed by atoms with Crippen LogP contribution >= 0.6 is 0 Å². The molecule has 0 radical (unpaired) electrons. The standard InChI is InChI=1S/C15H22N2O/c1-11-6-12(7-16)8-17(11)15-10-18-9-13-4-2-3-5-14(13)15/h2-5,11-12,15H,6-10,16H2,1H3. The highest BCUT2D eigenvalue weighted by Gasteiger charge is 2.35. The fourth-order valence-corrected chi connectivity index (χ4v) is 3.41. The number of fused-ring (bicyclic) bond motifs is 1. The number of ether oxygens (including phenoxy) is 1. The average molecular weight is 246 g/mol. The highest BCUT2D eigenvalue weighted by atomic mass is 16.5. The van der Waals surface area contributed by atoms with Gasteiger partial charge in [-0.2, -0.15) is 0 Å². The number of rotatable bonds is 2. The van der Waals surface area contributed by atoms with Crippen LogP contribution in [0.15, 0.2) is 24.3 Å². The van der Waals surface area contributed by atoms with Crippen molar-refractivity contribution in [2.45, 2.75) is 32.0 Å². The van der Waals surface area contributed by atoms with E-state index in [-0.39, 0.29) is 0 Å². The largest absolute Gasteiger partial charge is 0.375 e. The van der Waals surface area contributed by atoms with Gasteiger partial charge in [-0.05, 0) is 36.9 Å². The van der Waals surface area contributed by atoms with Crippen molar-refractivity contribution in [3.05, 3.63) is 35.4 Å². The Labute approximate surface area is 109 Å². The van der Waals surface area contributed by atoms with Gasteiger partial charge in [0.1, 0.15) is 0 Å². The molecule has 2 aliphatic heterocycles. The second-order valence-electron chi connectivity index (χ2n) is 5.61. The van der Waals surface area contributed by atoms with Gasteiger partial charge >= 0.3 is 0 Å². The predicted molar refractivity (Wildman–Crippen MR) is 72.2 cm³/mol. The van der Waals surface area contributed by atoms with Crippen LogP contribution in [-0.4, -0.2) is 30.6 Å². The maximum atomic E-state index is 5.82. The van der Waals surface area contributed by atoms with Crippen LogP contribution in [0.3, 0.4) is 0 Å². The van der Waals surface area contributed by atoms with E-state index in [2.05, 4.69) is 36.1 Å². The second kappa shape index (κ2) is 5.00. The Morgan fingerprint density at radius 1 is 1.39 bits per heavy atom. The molecule has 0 bridgehead atoms. The SMILES string of the molecule is CC1CC(CN)CN1C1COCc2ccccc21. The molecule has 1 fully saturated rings. The molecule has 0 amide bonds. The van der Waals surface area contributed by atoms with Crippen molar-refractivity contribution >= 4 is 0 Å². The molecular formula is C15H22N2O. The molecule has 18 heavy (non-hydrogen) atoms. The van der Waals surface area contributed by atoms with Gasteiger partial charge in [-0.15, -0.1) is 0 Å². The van der Waals surface area contributed by atoms with Crippen LogP contribution in [-0.2, 0) is 11.3 Å². The molecule has 1 aromatic carbocycles. The molecule has 3 rings (SSSR count). The maximum Gasteiger partial charge on any atom is 0.0721 e. The Balaban J connectivity index is 1.86. The zero-order valence-corrected chi connectivity index (χ0v) is 11.0. The quantitative estimate of drug-likeness (QED) is 0.866. The minimum atomic E-state index is 0.418. The summed E-state index contributed by atoms with van der Waals surface area (Å²) in [5, 5.41) is 0. The van der Waals surface area contributed by atoms with Crippen molar-refractivity contribution in [3.8, 4) is 0 Å². The highest BCUT2D eigenvalue weighted by molar-refractivity contribution is 5.31. The third kappa shape index (κ3) is 2.07. The lowest BCUT2D eigenvalue weighted by molar-refractivity contribution is 0.0286. The fourth-order valence-electron chi connectivity index (χ4n) is 3.41. The molecule has 2 N–H and O–H groups in total. The van der Waals surface area contributed by atoms with Gasteiger partial charge in [-0.25, -0.2) is 0 Å². The van der Waals surface area contributed by atoms with E-state index in [1.54, 1.807) is 0 Å². The Hall–Kier alpha value is -0.900. The zero-order chi connectivity index (χ0) is 12.5. The molecular weight excluding hydrogens is 224 g/mol. The third-order valence-corrected chi connectivity index (χ3v) is 4.39. The summed E-state index contributed by atoms with van der Waals surface area (Å²) in [7, 11) is 0. The van der Waals surface area contributed by atoms with E-state index in [1.165, 1.54) is 17.5 Å². The summed E-state index contributed by atoms with van der Waals surface area (Å²) in [6.07, 6.45) is 1.22. The number of likely N-dealkylation sites (tertiary alicyclic amines) is 1. The number of hydrogen-bond acceptors (Lipinski definition) is 3. The van der Waals surface area contributed by atoms with E-state index < -0.39 is 0 Å². The van der Waals surface area contributed by atoms with E-state index in [9.17, 15) is 0 Å². The van der Waals surface area contributed by atoms with E-state index in [0.29, 0.717) is 18.0 Å². The van der Waals surface area contributed by atoms with Crippen LogP contribution in [0.2, 0.25) is 0 Å². The molecule has 2 heterocycles. The lowest BCUT2D eigenvalue weighted by Crippen LogP contribution is -2.37. The second-order valence-corrected chi connectivity index (χ2v) is 5.61. The van der Waals surface area contributed by atoms with Gasteiger partial charge < -0.3 is 10.5 Å². The number of nitrogens with two attached hydrogens (primary N) is 1. The van der Waals surface area contributed by atoms with Crippen LogP contribution < -0.4 is 5.73 Å². The highest BCUT2D eigenvalue weighted by Crippen LogP contribution is 2.35. The molecule has 0 spiro atoms.